The van der Waals surface area contributed by atoms with E-state index in [9.17, 15) is 13.6 Å². The van der Waals surface area contributed by atoms with Gasteiger partial charge in [-0.05, 0) is 19.1 Å². The fourth-order valence-corrected chi connectivity index (χ4v) is 1.17. The van der Waals surface area contributed by atoms with E-state index in [1.54, 1.807) is 6.92 Å². The first-order valence-electron chi connectivity index (χ1n) is 4.68. The highest BCUT2D eigenvalue weighted by Crippen LogP contribution is 2.11. The molecular formula is C11H10F2N2O. The fourth-order valence-electron chi connectivity index (χ4n) is 1.17. The molecule has 1 N–H and O–H groups in total. The fraction of sp³-hybridized carbons (Fsp3) is 0.273. The zero-order valence-electron chi connectivity index (χ0n) is 8.63. The third-order valence-electron chi connectivity index (χ3n) is 1.97. The Bertz CT molecular complexity index is 440. The summed E-state index contributed by atoms with van der Waals surface area (Å²) in [6.07, 6.45) is 0.114. The van der Waals surface area contributed by atoms with Crippen LogP contribution in [-0.4, -0.2) is 11.9 Å². The number of nitrogens with one attached hydrogen (secondary N) is 1. The Balaban J connectivity index is 2.82. The predicted octanol–water partition coefficient (Wildman–Crippen LogP) is 2.00. The average molecular weight is 224 g/mol. The van der Waals surface area contributed by atoms with Gasteiger partial charge in [-0.25, -0.2) is 8.78 Å². The highest BCUT2D eigenvalue weighted by Gasteiger charge is 2.16. The van der Waals surface area contributed by atoms with Crippen molar-refractivity contribution in [2.45, 2.75) is 19.4 Å². The first-order chi connectivity index (χ1) is 7.56. The molecule has 3 nitrogen and oxygen atoms in total. The number of carbonyl (C=O) groups is 1. The van der Waals surface area contributed by atoms with E-state index in [1.807, 2.05) is 6.07 Å². The van der Waals surface area contributed by atoms with E-state index < -0.39 is 23.6 Å². The quantitative estimate of drug-likeness (QED) is 0.853. The summed E-state index contributed by atoms with van der Waals surface area (Å²) in [7, 11) is 0. The van der Waals surface area contributed by atoms with E-state index >= 15 is 0 Å². The minimum absolute atomic E-state index is 0.114. The predicted molar refractivity (Wildman–Crippen MR) is 53.5 cm³/mol. The van der Waals surface area contributed by atoms with Crippen molar-refractivity contribution in [2.75, 3.05) is 0 Å². The molecule has 0 saturated heterocycles. The van der Waals surface area contributed by atoms with E-state index in [0.29, 0.717) is 0 Å². The second kappa shape index (κ2) is 5.21. The molecule has 1 unspecified atom stereocenters. The van der Waals surface area contributed by atoms with Crippen LogP contribution in [0.5, 0.6) is 0 Å². The number of nitrogens with zero attached hydrogens (tertiary/aromatic N) is 1. The molecule has 0 spiro atoms. The Hall–Kier alpha value is -1.96. The second-order valence-corrected chi connectivity index (χ2v) is 3.34. The lowest BCUT2D eigenvalue weighted by atomic mass is 10.1. The largest absolute Gasteiger partial charge is 0.348 e. The van der Waals surface area contributed by atoms with Crippen LogP contribution in [0.1, 0.15) is 23.7 Å². The molecule has 1 atom stereocenters. The lowest BCUT2D eigenvalue weighted by Crippen LogP contribution is -2.32. The van der Waals surface area contributed by atoms with Crippen molar-refractivity contribution in [2.24, 2.45) is 0 Å². The van der Waals surface area contributed by atoms with Crippen molar-refractivity contribution >= 4 is 5.91 Å². The summed E-state index contributed by atoms with van der Waals surface area (Å²) in [6.45, 7) is 1.61. The summed E-state index contributed by atoms with van der Waals surface area (Å²) in [5, 5.41) is 10.8. The maximum atomic E-state index is 13.2. The number of hydrogen-bond acceptors (Lipinski definition) is 2. The molecule has 1 amide bonds. The highest BCUT2D eigenvalue weighted by molar-refractivity contribution is 5.94. The van der Waals surface area contributed by atoms with Gasteiger partial charge in [-0.1, -0.05) is 6.07 Å². The van der Waals surface area contributed by atoms with Crippen LogP contribution in [0.2, 0.25) is 0 Å². The molecule has 0 aliphatic carbocycles. The number of halogens is 2. The monoisotopic (exact) mass is 224 g/mol. The summed E-state index contributed by atoms with van der Waals surface area (Å²) in [4.78, 5) is 11.5. The lowest BCUT2D eigenvalue weighted by molar-refractivity contribution is 0.0935. The molecule has 0 aromatic heterocycles. The van der Waals surface area contributed by atoms with Crippen LogP contribution in [0, 0.1) is 23.0 Å². The zero-order valence-corrected chi connectivity index (χ0v) is 8.63. The zero-order chi connectivity index (χ0) is 12.1. The molecule has 84 valence electrons. The summed E-state index contributed by atoms with van der Waals surface area (Å²) >= 11 is 0. The van der Waals surface area contributed by atoms with Crippen molar-refractivity contribution in [3.63, 3.8) is 0 Å². The van der Waals surface area contributed by atoms with Gasteiger partial charge in [0.25, 0.3) is 5.91 Å². The molecule has 0 saturated carbocycles. The molecule has 1 rings (SSSR count). The third-order valence-corrected chi connectivity index (χ3v) is 1.97. The molecule has 0 aliphatic heterocycles. The van der Waals surface area contributed by atoms with Gasteiger partial charge in [0.2, 0.25) is 0 Å². The number of benzene rings is 1. The summed E-state index contributed by atoms with van der Waals surface area (Å²) < 4.78 is 26.0. The van der Waals surface area contributed by atoms with Crippen LogP contribution < -0.4 is 5.32 Å². The van der Waals surface area contributed by atoms with E-state index in [0.717, 1.165) is 6.07 Å². The summed E-state index contributed by atoms with van der Waals surface area (Å²) in [6, 6.07) is 4.84. The molecule has 0 heterocycles. The number of carbonyl (C=O) groups excluding carboxylic acids is 1. The van der Waals surface area contributed by atoms with Crippen molar-refractivity contribution in [3.8, 4) is 6.07 Å². The van der Waals surface area contributed by atoms with E-state index in [-0.39, 0.29) is 12.0 Å². The Morgan fingerprint density at radius 3 is 2.88 bits per heavy atom. The van der Waals surface area contributed by atoms with Crippen LogP contribution in [0.3, 0.4) is 0 Å². The van der Waals surface area contributed by atoms with Crippen LogP contribution in [0.15, 0.2) is 18.2 Å². The second-order valence-electron chi connectivity index (χ2n) is 3.34. The molecular weight excluding hydrogens is 214 g/mol. The smallest absolute Gasteiger partial charge is 0.254 e. The van der Waals surface area contributed by atoms with Gasteiger partial charge >= 0.3 is 0 Å². The Morgan fingerprint density at radius 2 is 2.25 bits per heavy atom. The van der Waals surface area contributed by atoms with Crippen LogP contribution in [0.25, 0.3) is 0 Å². The first-order valence-corrected chi connectivity index (χ1v) is 4.68. The van der Waals surface area contributed by atoms with Crippen LogP contribution >= 0.6 is 0 Å². The number of rotatable bonds is 3. The van der Waals surface area contributed by atoms with Gasteiger partial charge in [0.05, 0.1) is 18.1 Å². The summed E-state index contributed by atoms with van der Waals surface area (Å²) in [5.41, 5.74) is -0.357. The van der Waals surface area contributed by atoms with E-state index in [2.05, 4.69) is 5.32 Å². The van der Waals surface area contributed by atoms with Crippen molar-refractivity contribution in [3.05, 3.63) is 35.4 Å². The van der Waals surface area contributed by atoms with E-state index in [1.165, 1.54) is 12.1 Å². The van der Waals surface area contributed by atoms with Crippen LogP contribution in [0.4, 0.5) is 8.78 Å². The topological polar surface area (TPSA) is 52.9 Å². The normalized spacial score (nSPS) is 11.6. The van der Waals surface area contributed by atoms with Gasteiger partial charge in [-0.15, -0.1) is 0 Å². The van der Waals surface area contributed by atoms with Crippen molar-refractivity contribution < 1.29 is 13.6 Å². The highest BCUT2D eigenvalue weighted by atomic mass is 19.2. The minimum Gasteiger partial charge on any atom is -0.348 e. The Labute approximate surface area is 91.7 Å². The molecule has 0 fully saturated rings. The van der Waals surface area contributed by atoms with Crippen LogP contribution in [-0.2, 0) is 0 Å². The molecule has 1 aromatic rings. The standard InChI is InChI=1S/C11H10F2N2O/c1-7(5-6-14)15-11(16)8-3-2-4-9(12)10(8)13/h2-4,7H,5H2,1H3,(H,15,16). The Kier molecular flexibility index (Phi) is 3.95. The molecule has 5 heteroatoms. The molecule has 0 bridgehead atoms. The van der Waals surface area contributed by atoms with Crippen molar-refractivity contribution in [1.29, 1.82) is 5.26 Å². The van der Waals surface area contributed by atoms with Gasteiger partial charge in [0, 0.05) is 6.04 Å². The van der Waals surface area contributed by atoms with Gasteiger partial charge < -0.3 is 5.32 Å². The number of amides is 1. The Morgan fingerprint density at radius 1 is 1.56 bits per heavy atom. The molecule has 0 aliphatic rings. The van der Waals surface area contributed by atoms with Gasteiger partial charge in [-0.2, -0.15) is 5.26 Å². The molecule has 0 radical (unpaired) electrons. The van der Waals surface area contributed by atoms with Gasteiger partial charge in [0.1, 0.15) is 0 Å². The van der Waals surface area contributed by atoms with Gasteiger partial charge in [-0.3, -0.25) is 4.79 Å². The van der Waals surface area contributed by atoms with Crippen molar-refractivity contribution in [1.82, 2.24) is 5.32 Å². The lowest BCUT2D eigenvalue weighted by Gasteiger charge is -2.10. The average Bonchev–Trinajstić information content (AvgIpc) is 2.22. The minimum atomic E-state index is -1.18. The maximum absolute atomic E-state index is 13.2. The number of nitriles is 1. The molecule has 1 aromatic carbocycles. The number of hydrogen-bond donors (Lipinski definition) is 1. The maximum Gasteiger partial charge on any atom is 0.254 e. The SMILES string of the molecule is CC(CC#N)NC(=O)c1cccc(F)c1F. The third kappa shape index (κ3) is 2.76. The molecule has 16 heavy (non-hydrogen) atoms. The van der Waals surface area contributed by atoms with Gasteiger partial charge in [0.15, 0.2) is 11.6 Å². The van der Waals surface area contributed by atoms with E-state index in [4.69, 9.17) is 5.26 Å². The first kappa shape index (κ1) is 12.1. The summed E-state index contributed by atoms with van der Waals surface area (Å²) in [5.74, 6) is -2.97.